The maximum Gasteiger partial charge on any atom is 0.219 e. The normalized spacial score (nSPS) is 10.4. The Morgan fingerprint density at radius 1 is 1.22 bits per heavy atom. The van der Waals surface area contributed by atoms with Crippen molar-refractivity contribution < 1.29 is 9.13 Å². The zero-order chi connectivity index (χ0) is 13.1. The molecule has 2 N–H and O–H groups in total. The first-order valence-electron chi connectivity index (χ1n) is 5.70. The molecule has 0 saturated heterocycles. The van der Waals surface area contributed by atoms with E-state index in [1.54, 1.807) is 18.2 Å². The lowest BCUT2D eigenvalue weighted by atomic mass is 10.2. The predicted molar refractivity (Wildman–Crippen MR) is 68.1 cm³/mol. The molecule has 0 aliphatic carbocycles. The Bertz CT molecular complexity index is 570. The summed E-state index contributed by atoms with van der Waals surface area (Å²) in [7, 11) is 0. The van der Waals surface area contributed by atoms with Crippen LogP contribution in [0.3, 0.4) is 0 Å². The highest BCUT2D eigenvalue weighted by atomic mass is 19.1. The molecule has 2 rings (SSSR count). The predicted octanol–water partition coefficient (Wildman–Crippen LogP) is 3.09. The Labute approximate surface area is 105 Å². The van der Waals surface area contributed by atoms with Crippen molar-refractivity contribution in [1.82, 2.24) is 4.98 Å². The standard InChI is InChI=1S/C14H15FN2O/c1-9-3-5-12(15)13(7-9)18-14-6-4-11(8-16)10(2)17-14/h3-7H,8,16H2,1-2H3. The first-order chi connectivity index (χ1) is 8.60. The first-order valence-corrected chi connectivity index (χ1v) is 5.70. The lowest BCUT2D eigenvalue weighted by molar-refractivity contribution is 0.426. The zero-order valence-corrected chi connectivity index (χ0v) is 10.4. The smallest absolute Gasteiger partial charge is 0.219 e. The van der Waals surface area contributed by atoms with Gasteiger partial charge in [0.2, 0.25) is 5.88 Å². The topological polar surface area (TPSA) is 48.1 Å². The van der Waals surface area contributed by atoms with Crippen molar-refractivity contribution in [2.75, 3.05) is 0 Å². The third kappa shape index (κ3) is 2.65. The summed E-state index contributed by atoms with van der Waals surface area (Å²) in [4.78, 5) is 4.24. The molecule has 0 radical (unpaired) electrons. The fourth-order valence-electron chi connectivity index (χ4n) is 1.64. The minimum Gasteiger partial charge on any atom is -0.436 e. The van der Waals surface area contributed by atoms with Crippen molar-refractivity contribution in [3.05, 3.63) is 53.0 Å². The van der Waals surface area contributed by atoms with E-state index in [1.165, 1.54) is 6.07 Å². The van der Waals surface area contributed by atoms with E-state index in [2.05, 4.69) is 4.98 Å². The van der Waals surface area contributed by atoms with E-state index in [9.17, 15) is 4.39 Å². The van der Waals surface area contributed by atoms with Crippen LogP contribution in [0.25, 0.3) is 0 Å². The largest absolute Gasteiger partial charge is 0.436 e. The molecule has 18 heavy (non-hydrogen) atoms. The minimum atomic E-state index is -0.400. The molecular weight excluding hydrogens is 231 g/mol. The SMILES string of the molecule is Cc1ccc(F)c(Oc2ccc(CN)c(C)n2)c1. The van der Waals surface area contributed by atoms with Crippen LogP contribution in [0.2, 0.25) is 0 Å². The number of pyridine rings is 1. The molecule has 0 amide bonds. The van der Waals surface area contributed by atoms with E-state index >= 15 is 0 Å². The number of hydrogen-bond donors (Lipinski definition) is 1. The number of hydrogen-bond acceptors (Lipinski definition) is 3. The van der Waals surface area contributed by atoms with Crippen molar-refractivity contribution in [3.8, 4) is 11.6 Å². The van der Waals surface area contributed by atoms with Gasteiger partial charge in [0.05, 0.1) is 0 Å². The lowest BCUT2D eigenvalue weighted by Crippen LogP contribution is -2.01. The van der Waals surface area contributed by atoms with E-state index in [0.29, 0.717) is 12.4 Å². The fourth-order valence-corrected chi connectivity index (χ4v) is 1.64. The highest BCUT2D eigenvalue weighted by molar-refractivity contribution is 5.34. The second-order valence-electron chi connectivity index (χ2n) is 4.13. The van der Waals surface area contributed by atoms with Crippen molar-refractivity contribution in [2.24, 2.45) is 5.73 Å². The molecule has 1 aromatic heterocycles. The summed E-state index contributed by atoms with van der Waals surface area (Å²) < 4.78 is 19.0. The molecule has 0 fully saturated rings. The van der Waals surface area contributed by atoms with Crippen LogP contribution < -0.4 is 10.5 Å². The van der Waals surface area contributed by atoms with Gasteiger partial charge in [0.1, 0.15) is 0 Å². The zero-order valence-electron chi connectivity index (χ0n) is 10.4. The molecule has 2 aromatic rings. The van der Waals surface area contributed by atoms with Crippen molar-refractivity contribution in [3.63, 3.8) is 0 Å². The molecule has 0 bridgehead atoms. The van der Waals surface area contributed by atoms with E-state index < -0.39 is 5.82 Å². The summed E-state index contributed by atoms with van der Waals surface area (Å²) in [5.41, 5.74) is 8.23. The second-order valence-corrected chi connectivity index (χ2v) is 4.13. The minimum absolute atomic E-state index is 0.183. The number of halogens is 1. The summed E-state index contributed by atoms with van der Waals surface area (Å²) in [5.74, 6) is 0.152. The average Bonchev–Trinajstić information content (AvgIpc) is 2.34. The molecular formula is C14H15FN2O. The third-order valence-corrected chi connectivity index (χ3v) is 2.69. The van der Waals surface area contributed by atoms with Crippen LogP contribution in [0, 0.1) is 19.7 Å². The molecule has 0 aliphatic heterocycles. The molecule has 4 heteroatoms. The van der Waals surface area contributed by atoms with Crippen LogP contribution >= 0.6 is 0 Å². The highest BCUT2D eigenvalue weighted by Crippen LogP contribution is 2.24. The van der Waals surface area contributed by atoms with Crippen LogP contribution in [-0.4, -0.2) is 4.98 Å². The molecule has 94 valence electrons. The van der Waals surface area contributed by atoms with Crippen LogP contribution in [-0.2, 0) is 6.54 Å². The number of ether oxygens (including phenoxy) is 1. The van der Waals surface area contributed by atoms with Gasteiger partial charge in [-0.05, 0) is 37.1 Å². The first kappa shape index (κ1) is 12.5. The van der Waals surface area contributed by atoms with Gasteiger partial charge in [-0.1, -0.05) is 12.1 Å². The lowest BCUT2D eigenvalue weighted by Gasteiger charge is -2.09. The van der Waals surface area contributed by atoms with Gasteiger partial charge >= 0.3 is 0 Å². The van der Waals surface area contributed by atoms with Gasteiger partial charge in [-0.2, -0.15) is 0 Å². The summed E-state index contributed by atoms with van der Waals surface area (Å²) >= 11 is 0. The van der Waals surface area contributed by atoms with Gasteiger partial charge in [-0.15, -0.1) is 0 Å². The fraction of sp³-hybridized carbons (Fsp3) is 0.214. The monoisotopic (exact) mass is 246 g/mol. The summed E-state index contributed by atoms with van der Waals surface area (Å²) in [5, 5.41) is 0. The number of nitrogens with two attached hydrogens (primary N) is 1. The van der Waals surface area contributed by atoms with Gasteiger partial charge in [0.25, 0.3) is 0 Å². The Kier molecular flexibility index (Phi) is 3.58. The second kappa shape index (κ2) is 5.14. The number of nitrogens with zero attached hydrogens (tertiary/aromatic N) is 1. The number of aromatic nitrogens is 1. The number of aryl methyl sites for hydroxylation is 2. The number of rotatable bonds is 3. The molecule has 1 aromatic carbocycles. The van der Waals surface area contributed by atoms with Crippen LogP contribution in [0.4, 0.5) is 4.39 Å². The molecule has 3 nitrogen and oxygen atoms in total. The van der Waals surface area contributed by atoms with Gasteiger partial charge in [-0.3, -0.25) is 0 Å². The Morgan fingerprint density at radius 2 is 2.00 bits per heavy atom. The van der Waals surface area contributed by atoms with Crippen molar-refractivity contribution >= 4 is 0 Å². The highest BCUT2D eigenvalue weighted by Gasteiger charge is 2.07. The van der Waals surface area contributed by atoms with E-state index in [-0.39, 0.29) is 5.75 Å². The van der Waals surface area contributed by atoms with Crippen LogP contribution in [0.5, 0.6) is 11.6 Å². The molecule has 0 unspecified atom stereocenters. The summed E-state index contributed by atoms with van der Waals surface area (Å²) in [6.45, 7) is 4.15. The van der Waals surface area contributed by atoms with Crippen LogP contribution in [0.15, 0.2) is 30.3 Å². The van der Waals surface area contributed by atoms with E-state index in [4.69, 9.17) is 10.5 Å². The quantitative estimate of drug-likeness (QED) is 0.905. The average molecular weight is 246 g/mol. The molecule has 0 atom stereocenters. The Hall–Kier alpha value is -1.94. The third-order valence-electron chi connectivity index (χ3n) is 2.69. The van der Waals surface area contributed by atoms with Crippen molar-refractivity contribution in [1.29, 1.82) is 0 Å². The van der Waals surface area contributed by atoms with E-state index in [1.807, 2.05) is 19.9 Å². The number of benzene rings is 1. The van der Waals surface area contributed by atoms with Gasteiger partial charge < -0.3 is 10.5 Å². The molecule has 0 saturated carbocycles. The van der Waals surface area contributed by atoms with Gasteiger partial charge in [0.15, 0.2) is 11.6 Å². The molecule has 1 heterocycles. The van der Waals surface area contributed by atoms with Crippen molar-refractivity contribution in [2.45, 2.75) is 20.4 Å². The van der Waals surface area contributed by atoms with Gasteiger partial charge in [-0.25, -0.2) is 9.37 Å². The summed E-state index contributed by atoms with van der Waals surface area (Å²) in [6.07, 6.45) is 0. The Balaban J connectivity index is 2.28. The Morgan fingerprint density at radius 3 is 2.67 bits per heavy atom. The van der Waals surface area contributed by atoms with Crippen LogP contribution in [0.1, 0.15) is 16.8 Å². The maximum absolute atomic E-state index is 13.5. The van der Waals surface area contributed by atoms with Gasteiger partial charge in [0, 0.05) is 18.3 Å². The maximum atomic E-state index is 13.5. The molecule has 0 aliphatic rings. The van der Waals surface area contributed by atoms with E-state index in [0.717, 1.165) is 16.8 Å². The summed E-state index contributed by atoms with van der Waals surface area (Å²) in [6, 6.07) is 8.25. The molecule has 0 spiro atoms.